The molecule has 0 aliphatic rings. The van der Waals surface area contributed by atoms with Crippen molar-refractivity contribution in [3.63, 3.8) is 0 Å². The van der Waals surface area contributed by atoms with Crippen LogP contribution in [0.25, 0.3) is 11.0 Å². The highest BCUT2D eigenvalue weighted by Crippen LogP contribution is 2.19. The number of nitrogens with one attached hydrogen (secondary N) is 1. The van der Waals surface area contributed by atoms with Crippen LogP contribution in [0, 0.1) is 6.92 Å². The summed E-state index contributed by atoms with van der Waals surface area (Å²) >= 11 is 6.13. The number of imidazole rings is 1. The fourth-order valence-corrected chi connectivity index (χ4v) is 3.43. The third-order valence-electron chi connectivity index (χ3n) is 4.72. The molecular weight excluding hydrogens is 370 g/mol. The predicted molar refractivity (Wildman–Crippen MR) is 113 cm³/mol. The smallest absolute Gasteiger partial charge is 0.253 e. The second-order valence-corrected chi connectivity index (χ2v) is 7.16. The minimum Gasteiger partial charge on any atom is -0.345 e. The molecule has 5 heteroatoms. The average molecular weight is 390 g/mol. The summed E-state index contributed by atoms with van der Waals surface area (Å²) < 4.78 is 2.15. The SMILES string of the molecule is Cc1ccc(Cn2c(CNC(=O)c3ccccc3Cl)nc3ccccc32)cc1. The van der Waals surface area contributed by atoms with Crippen molar-refractivity contribution in [2.45, 2.75) is 20.0 Å². The van der Waals surface area contributed by atoms with Crippen molar-refractivity contribution in [1.82, 2.24) is 14.9 Å². The number of amides is 1. The van der Waals surface area contributed by atoms with Gasteiger partial charge in [0.15, 0.2) is 0 Å². The van der Waals surface area contributed by atoms with E-state index in [4.69, 9.17) is 16.6 Å². The van der Waals surface area contributed by atoms with Gasteiger partial charge < -0.3 is 9.88 Å². The number of aryl methyl sites for hydroxylation is 1. The van der Waals surface area contributed by atoms with E-state index in [1.165, 1.54) is 11.1 Å². The second-order valence-electron chi connectivity index (χ2n) is 6.75. The third kappa shape index (κ3) is 3.78. The Morgan fingerprint density at radius 2 is 1.71 bits per heavy atom. The Morgan fingerprint density at radius 3 is 2.50 bits per heavy atom. The summed E-state index contributed by atoms with van der Waals surface area (Å²) in [6.45, 7) is 3.09. The molecule has 0 radical (unpaired) electrons. The van der Waals surface area contributed by atoms with E-state index in [2.05, 4.69) is 47.1 Å². The summed E-state index contributed by atoms with van der Waals surface area (Å²) in [6, 6.07) is 23.5. The molecule has 0 atom stereocenters. The molecule has 4 aromatic rings. The van der Waals surface area contributed by atoms with E-state index < -0.39 is 0 Å². The first-order valence-corrected chi connectivity index (χ1v) is 9.52. The standard InChI is InChI=1S/C23H20ClN3O/c1-16-10-12-17(13-11-16)15-27-21-9-5-4-8-20(21)26-22(27)14-25-23(28)18-6-2-3-7-19(18)24/h2-13H,14-15H2,1H3,(H,25,28). The number of aromatic nitrogens is 2. The molecule has 1 aromatic heterocycles. The van der Waals surface area contributed by atoms with Crippen LogP contribution in [0.3, 0.4) is 0 Å². The number of carbonyl (C=O) groups is 1. The molecule has 0 spiro atoms. The van der Waals surface area contributed by atoms with Gasteiger partial charge in [-0.3, -0.25) is 4.79 Å². The minimum absolute atomic E-state index is 0.209. The lowest BCUT2D eigenvalue weighted by molar-refractivity contribution is 0.0949. The number of benzene rings is 3. The van der Waals surface area contributed by atoms with Crippen molar-refractivity contribution in [3.8, 4) is 0 Å². The van der Waals surface area contributed by atoms with Crippen molar-refractivity contribution in [2.75, 3.05) is 0 Å². The first-order chi connectivity index (χ1) is 13.6. The van der Waals surface area contributed by atoms with Gasteiger partial charge in [0.1, 0.15) is 5.82 Å². The Kier molecular flexibility index (Phi) is 5.13. The summed E-state index contributed by atoms with van der Waals surface area (Å²) in [5, 5.41) is 3.38. The van der Waals surface area contributed by atoms with E-state index in [1.54, 1.807) is 24.3 Å². The maximum absolute atomic E-state index is 12.5. The van der Waals surface area contributed by atoms with Gasteiger partial charge in [-0.05, 0) is 36.8 Å². The Morgan fingerprint density at radius 1 is 1.00 bits per heavy atom. The fourth-order valence-electron chi connectivity index (χ4n) is 3.21. The van der Waals surface area contributed by atoms with Crippen LogP contribution in [0.5, 0.6) is 0 Å². The molecular formula is C23H20ClN3O. The van der Waals surface area contributed by atoms with E-state index in [0.717, 1.165) is 16.9 Å². The van der Waals surface area contributed by atoms with Crippen molar-refractivity contribution in [2.24, 2.45) is 0 Å². The number of carbonyl (C=O) groups excluding carboxylic acids is 1. The molecule has 140 valence electrons. The highest BCUT2D eigenvalue weighted by molar-refractivity contribution is 6.33. The molecule has 4 rings (SSSR count). The number of para-hydroxylation sites is 2. The summed E-state index contributed by atoms with van der Waals surface area (Å²) in [5.41, 5.74) is 4.84. The van der Waals surface area contributed by atoms with Gasteiger partial charge in [0.2, 0.25) is 0 Å². The zero-order valence-electron chi connectivity index (χ0n) is 15.5. The van der Waals surface area contributed by atoms with Crippen LogP contribution in [0.4, 0.5) is 0 Å². The van der Waals surface area contributed by atoms with Crippen LogP contribution in [0.2, 0.25) is 5.02 Å². The van der Waals surface area contributed by atoms with E-state index in [-0.39, 0.29) is 5.91 Å². The zero-order valence-corrected chi connectivity index (χ0v) is 16.3. The Balaban J connectivity index is 1.62. The van der Waals surface area contributed by atoms with E-state index in [0.29, 0.717) is 23.7 Å². The van der Waals surface area contributed by atoms with Crippen molar-refractivity contribution in [3.05, 3.63) is 100 Å². The largest absolute Gasteiger partial charge is 0.345 e. The first kappa shape index (κ1) is 18.3. The molecule has 4 nitrogen and oxygen atoms in total. The molecule has 1 heterocycles. The quantitative estimate of drug-likeness (QED) is 0.523. The topological polar surface area (TPSA) is 46.9 Å². The molecule has 0 fully saturated rings. The summed E-state index contributed by atoms with van der Waals surface area (Å²) in [6.07, 6.45) is 0. The number of hydrogen-bond acceptors (Lipinski definition) is 2. The van der Waals surface area contributed by atoms with Crippen LogP contribution in [-0.4, -0.2) is 15.5 Å². The van der Waals surface area contributed by atoms with Crippen molar-refractivity contribution in [1.29, 1.82) is 0 Å². The maximum Gasteiger partial charge on any atom is 0.253 e. The Labute approximate surface area is 168 Å². The number of rotatable bonds is 5. The van der Waals surface area contributed by atoms with Gasteiger partial charge in [-0.2, -0.15) is 0 Å². The Bertz CT molecular complexity index is 1130. The molecule has 0 unspecified atom stereocenters. The molecule has 1 N–H and O–H groups in total. The van der Waals surface area contributed by atoms with Crippen LogP contribution < -0.4 is 5.32 Å². The van der Waals surface area contributed by atoms with Crippen LogP contribution >= 0.6 is 11.6 Å². The normalized spacial score (nSPS) is 10.9. The van der Waals surface area contributed by atoms with Gasteiger partial charge in [-0.25, -0.2) is 4.98 Å². The lowest BCUT2D eigenvalue weighted by atomic mass is 10.1. The first-order valence-electron chi connectivity index (χ1n) is 9.14. The highest BCUT2D eigenvalue weighted by atomic mass is 35.5. The summed E-state index contributed by atoms with van der Waals surface area (Å²) in [5.74, 6) is 0.599. The lowest BCUT2D eigenvalue weighted by Crippen LogP contribution is -2.25. The van der Waals surface area contributed by atoms with Crippen LogP contribution in [-0.2, 0) is 13.1 Å². The highest BCUT2D eigenvalue weighted by Gasteiger charge is 2.14. The van der Waals surface area contributed by atoms with Crippen molar-refractivity contribution >= 4 is 28.5 Å². The maximum atomic E-state index is 12.5. The van der Waals surface area contributed by atoms with Gasteiger partial charge in [-0.1, -0.05) is 65.7 Å². The van der Waals surface area contributed by atoms with Gasteiger partial charge in [0.25, 0.3) is 5.91 Å². The number of fused-ring (bicyclic) bond motifs is 1. The number of halogens is 1. The lowest BCUT2D eigenvalue weighted by Gasteiger charge is -2.11. The molecule has 1 amide bonds. The Hall–Kier alpha value is -3.11. The molecule has 0 saturated carbocycles. The molecule has 3 aromatic carbocycles. The molecule has 0 bridgehead atoms. The van der Waals surface area contributed by atoms with E-state index in [9.17, 15) is 4.79 Å². The summed E-state index contributed by atoms with van der Waals surface area (Å²) in [4.78, 5) is 17.3. The molecule has 0 saturated heterocycles. The third-order valence-corrected chi connectivity index (χ3v) is 5.05. The number of hydrogen-bond donors (Lipinski definition) is 1. The van der Waals surface area contributed by atoms with Gasteiger partial charge in [-0.15, -0.1) is 0 Å². The van der Waals surface area contributed by atoms with Gasteiger partial charge >= 0.3 is 0 Å². The number of nitrogens with zero attached hydrogens (tertiary/aromatic N) is 2. The van der Waals surface area contributed by atoms with Crippen molar-refractivity contribution < 1.29 is 4.79 Å². The monoisotopic (exact) mass is 389 g/mol. The fraction of sp³-hybridized carbons (Fsp3) is 0.130. The molecule has 0 aliphatic heterocycles. The zero-order chi connectivity index (χ0) is 19.5. The molecule has 0 aliphatic carbocycles. The molecule has 28 heavy (non-hydrogen) atoms. The van der Waals surface area contributed by atoms with E-state index in [1.807, 2.05) is 18.2 Å². The van der Waals surface area contributed by atoms with Gasteiger partial charge in [0, 0.05) is 6.54 Å². The van der Waals surface area contributed by atoms with Gasteiger partial charge in [0.05, 0.1) is 28.2 Å². The van der Waals surface area contributed by atoms with E-state index >= 15 is 0 Å². The second kappa shape index (κ2) is 7.87. The summed E-state index contributed by atoms with van der Waals surface area (Å²) in [7, 11) is 0. The average Bonchev–Trinajstić information content (AvgIpc) is 3.06. The predicted octanol–water partition coefficient (Wildman–Crippen LogP) is 4.98. The minimum atomic E-state index is -0.209. The van der Waals surface area contributed by atoms with Crippen LogP contribution in [0.1, 0.15) is 27.3 Å². The van der Waals surface area contributed by atoms with Crippen LogP contribution in [0.15, 0.2) is 72.8 Å².